The molecule has 0 amide bonds. The lowest BCUT2D eigenvalue weighted by molar-refractivity contribution is -0.00000353. The van der Waals surface area contributed by atoms with Crippen molar-refractivity contribution in [3.8, 4) is 0 Å². The number of pyridine rings is 1. The molecule has 96 valence electrons. The van der Waals surface area contributed by atoms with Crippen LogP contribution in [0.5, 0.6) is 0 Å². The smallest absolute Gasteiger partial charge is 0.0312 e. The van der Waals surface area contributed by atoms with E-state index in [-0.39, 0.29) is 12.4 Å². The van der Waals surface area contributed by atoms with Gasteiger partial charge < -0.3 is 17.7 Å². The summed E-state index contributed by atoms with van der Waals surface area (Å²) in [7, 11) is 0. The first-order chi connectivity index (χ1) is 8.38. The highest BCUT2D eigenvalue weighted by Gasteiger charge is 1.95. The summed E-state index contributed by atoms with van der Waals surface area (Å²) in [5, 5.41) is 3.41. The molecule has 0 saturated carbocycles. The monoisotopic (exact) mass is 279 g/mol. The fourth-order valence-electron chi connectivity index (χ4n) is 1.60. The number of nitrogens with zero attached hydrogens (tertiary/aromatic N) is 1. The highest BCUT2D eigenvalue weighted by Crippen LogP contribution is 2.14. The van der Waals surface area contributed by atoms with Crippen LogP contribution in [0.25, 0.3) is 0 Å². The number of aromatic nitrogens is 1. The lowest BCUT2D eigenvalue weighted by atomic mass is 10.2. The molecule has 2 rings (SSSR count). The molecule has 2 aromatic rings. The maximum atomic E-state index is 4.09. The van der Waals surface area contributed by atoms with Crippen LogP contribution in [0.2, 0.25) is 0 Å². The third kappa shape index (κ3) is 4.69. The zero-order valence-corrected chi connectivity index (χ0v) is 11.8. The van der Waals surface area contributed by atoms with E-state index in [1.54, 1.807) is 18.0 Å². The van der Waals surface area contributed by atoms with Crippen molar-refractivity contribution in [3.63, 3.8) is 0 Å². The average Bonchev–Trinajstić information content (AvgIpc) is 2.41. The molecule has 0 radical (unpaired) electrons. The minimum atomic E-state index is 0. The quantitative estimate of drug-likeness (QED) is 0.786. The van der Waals surface area contributed by atoms with Crippen LogP contribution in [0.15, 0.2) is 53.7 Å². The van der Waals surface area contributed by atoms with Crippen LogP contribution < -0.4 is 17.7 Å². The molecule has 4 heteroatoms. The number of thioether (sulfide) groups is 1. The Labute approximate surface area is 119 Å². The van der Waals surface area contributed by atoms with Crippen molar-refractivity contribution < 1.29 is 12.4 Å². The number of hydrogen-bond acceptors (Lipinski definition) is 3. The van der Waals surface area contributed by atoms with E-state index < -0.39 is 0 Å². The van der Waals surface area contributed by atoms with Gasteiger partial charge in [-0.1, -0.05) is 18.2 Å². The van der Waals surface area contributed by atoms with Gasteiger partial charge in [0.05, 0.1) is 0 Å². The predicted octanol–water partition coefficient (Wildman–Crippen LogP) is 0.0973. The molecule has 0 fully saturated rings. The largest absolute Gasteiger partial charge is 1.00 e. The number of rotatable bonds is 5. The minimum Gasteiger partial charge on any atom is -1.00 e. The molecule has 0 aliphatic carbocycles. The van der Waals surface area contributed by atoms with Gasteiger partial charge in [-0.3, -0.25) is 4.98 Å². The van der Waals surface area contributed by atoms with Gasteiger partial charge in [0, 0.05) is 30.4 Å². The summed E-state index contributed by atoms with van der Waals surface area (Å²) in [4.78, 5) is 5.40. The van der Waals surface area contributed by atoms with Crippen molar-refractivity contribution in [2.24, 2.45) is 0 Å². The zero-order chi connectivity index (χ0) is 11.9. The zero-order valence-electron chi connectivity index (χ0n) is 10.3. The molecule has 0 saturated heterocycles. The molecule has 1 aromatic heterocycles. The highest BCUT2D eigenvalue weighted by molar-refractivity contribution is 7.98. The molecule has 0 aliphatic rings. The fraction of sp³-hybridized carbons (Fsp3) is 0.214. The average molecular weight is 280 g/mol. The number of nitrogens with one attached hydrogen (secondary N) is 1. The predicted molar refractivity (Wildman–Crippen MR) is 73.0 cm³/mol. The lowest BCUT2D eigenvalue weighted by Crippen LogP contribution is -3.00. The molecule has 1 aromatic carbocycles. The van der Waals surface area contributed by atoms with E-state index in [1.807, 2.05) is 12.3 Å². The van der Waals surface area contributed by atoms with E-state index in [0.29, 0.717) is 0 Å². The molecular formula is C14H16ClN2S-. The van der Waals surface area contributed by atoms with Crippen molar-refractivity contribution in [1.29, 1.82) is 0 Å². The summed E-state index contributed by atoms with van der Waals surface area (Å²) in [5.74, 6) is 0. The Morgan fingerprint density at radius 1 is 1.06 bits per heavy atom. The fourth-order valence-corrected chi connectivity index (χ4v) is 2.01. The van der Waals surface area contributed by atoms with Crippen molar-refractivity contribution in [1.82, 2.24) is 10.3 Å². The van der Waals surface area contributed by atoms with Gasteiger partial charge in [-0.05, 0) is 35.6 Å². The normalized spacial score (nSPS) is 9.83. The SMILES string of the molecule is CSc1ccc(CNCc2cccnc2)cc1.[Cl-]. The van der Waals surface area contributed by atoms with Crippen LogP contribution in [-0.2, 0) is 13.1 Å². The Hall–Kier alpha value is -1.03. The van der Waals surface area contributed by atoms with E-state index in [0.717, 1.165) is 13.1 Å². The van der Waals surface area contributed by atoms with Crippen LogP contribution in [0.4, 0.5) is 0 Å². The Kier molecular flexibility index (Phi) is 6.80. The van der Waals surface area contributed by atoms with Gasteiger partial charge in [0.2, 0.25) is 0 Å². The van der Waals surface area contributed by atoms with E-state index >= 15 is 0 Å². The van der Waals surface area contributed by atoms with Gasteiger partial charge in [-0.15, -0.1) is 11.8 Å². The molecule has 0 bridgehead atoms. The first kappa shape index (κ1) is 15.0. The second kappa shape index (κ2) is 8.14. The second-order valence-corrected chi connectivity index (χ2v) is 4.69. The molecule has 0 atom stereocenters. The maximum Gasteiger partial charge on any atom is 0.0312 e. The summed E-state index contributed by atoms with van der Waals surface area (Å²) >= 11 is 1.77. The van der Waals surface area contributed by atoms with Gasteiger partial charge in [0.25, 0.3) is 0 Å². The summed E-state index contributed by atoms with van der Waals surface area (Å²) in [6.45, 7) is 1.75. The molecule has 2 nitrogen and oxygen atoms in total. The molecule has 0 aliphatic heterocycles. The van der Waals surface area contributed by atoms with E-state index in [4.69, 9.17) is 0 Å². The summed E-state index contributed by atoms with van der Waals surface area (Å²) in [6, 6.07) is 12.7. The lowest BCUT2D eigenvalue weighted by Gasteiger charge is -2.05. The second-order valence-electron chi connectivity index (χ2n) is 3.81. The van der Waals surface area contributed by atoms with Crippen LogP contribution in [0, 0.1) is 0 Å². The third-order valence-electron chi connectivity index (χ3n) is 2.54. The Morgan fingerprint density at radius 3 is 2.39 bits per heavy atom. The van der Waals surface area contributed by atoms with Gasteiger partial charge in [0.15, 0.2) is 0 Å². The van der Waals surface area contributed by atoms with Crippen LogP contribution >= 0.6 is 11.8 Å². The summed E-state index contributed by atoms with van der Waals surface area (Å²) in [5.41, 5.74) is 2.53. The number of hydrogen-bond donors (Lipinski definition) is 1. The summed E-state index contributed by atoms with van der Waals surface area (Å²) in [6.07, 6.45) is 5.78. The van der Waals surface area contributed by atoms with Crippen molar-refractivity contribution in [2.45, 2.75) is 18.0 Å². The van der Waals surface area contributed by atoms with E-state index in [2.05, 4.69) is 46.9 Å². The minimum absolute atomic E-state index is 0. The van der Waals surface area contributed by atoms with E-state index in [9.17, 15) is 0 Å². The third-order valence-corrected chi connectivity index (χ3v) is 3.28. The number of benzene rings is 1. The Bertz CT molecular complexity index is 445. The topological polar surface area (TPSA) is 24.9 Å². The van der Waals surface area contributed by atoms with Gasteiger partial charge >= 0.3 is 0 Å². The van der Waals surface area contributed by atoms with E-state index in [1.165, 1.54) is 16.0 Å². The maximum absolute atomic E-state index is 4.09. The molecule has 1 N–H and O–H groups in total. The number of halogens is 1. The van der Waals surface area contributed by atoms with Crippen LogP contribution in [0.3, 0.4) is 0 Å². The van der Waals surface area contributed by atoms with Gasteiger partial charge in [-0.25, -0.2) is 0 Å². The van der Waals surface area contributed by atoms with Crippen molar-refractivity contribution >= 4 is 11.8 Å². The Balaban J connectivity index is 0.00000162. The molecule has 18 heavy (non-hydrogen) atoms. The first-order valence-corrected chi connectivity index (χ1v) is 6.83. The van der Waals surface area contributed by atoms with Crippen LogP contribution in [-0.4, -0.2) is 11.2 Å². The van der Waals surface area contributed by atoms with Gasteiger partial charge in [0.1, 0.15) is 0 Å². The van der Waals surface area contributed by atoms with Crippen LogP contribution in [0.1, 0.15) is 11.1 Å². The molecule has 1 heterocycles. The Morgan fingerprint density at radius 2 is 1.78 bits per heavy atom. The van der Waals surface area contributed by atoms with Gasteiger partial charge in [-0.2, -0.15) is 0 Å². The van der Waals surface area contributed by atoms with Crippen molar-refractivity contribution in [3.05, 3.63) is 59.9 Å². The first-order valence-electron chi connectivity index (χ1n) is 5.61. The highest BCUT2D eigenvalue weighted by atomic mass is 35.5. The molecule has 0 unspecified atom stereocenters. The van der Waals surface area contributed by atoms with Crippen molar-refractivity contribution in [2.75, 3.05) is 6.26 Å². The standard InChI is InChI=1S/C14H16N2S.ClH/c1-17-14-6-4-12(5-7-14)9-16-11-13-3-2-8-15-10-13;/h2-8,10,16H,9,11H2,1H3;1H/p-1. The molecular weight excluding hydrogens is 264 g/mol. The molecule has 0 spiro atoms. The summed E-state index contributed by atoms with van der Waals surface area (Å²) < 4.78 is 0.